The minimum absolute atomic E-state index is 0.101. The molecule has 0 aliphatic rings. The zero-order valence-corrected chi connectivity index (χ0v) is 14.2. The standard InChI is InChI=1S/C19H17N3O2S/c23-25(24,12-11-16-7-3-1-4-8-16)22-14-18-13-19(21-15-20-18)17-9-5-2-6-10-17/h1-13,15,22H,14H2/b12-11+. The zero-order valence-electron chi connectivity index (χ0n) is 13.4. The van der Waals surface area contributed by atoms with Crippen LogP contribution in [-0.2, 0) is 16.6 Å². The van der Waals surface area contributed by atoms with Crippen molar-refractivity contribution in [2.24, 2.45) is 0 Å². The molecule has 0 aliphatic heterocycles. The van der Waals surface area contributed by atoms with Gasteiger partial charge in [0, 0.05) is 11.0 Å². The third-order valence-corrected chi connectivity index (χ3v) is 4.53. The number of sulfonamides is 1. The molecule has 5 nitrogen and oxygen atoms in total. The van der Waals surface area contributed by atoms with Gasteiger partial charge in [0.2, 0.25) is 10.0 Å². The van der Waals surface area contributed by atoms with E-state index < -0.39 is 10.0 Å². The Bertz CT molecular complexity index is 956. The van der Waals surface area contributed by atoms with Gasteiger partial charge in [0.25, 0.3) is 0 Å². The van der Waals surface area contributed by atoms with Crippen LogP contribution in [-0.4, -0.2) is 18.4 Å². The molecule has 0 amide bonds. The van der Waals surface area contributed by atoms with E-state index in [0.29, 0.717) is 5.69 Å². The van der Waals surface area contributed by atoms with Crippen LogP contribution in [0.1, 0.15) is 11.3 Å². The first-order valence-electron chi connectivity index (χ1n) is 7.71. The quantitative estimate of drug-likeness (QED) is 0.740. The van der Waals surface area contributed by atoms with Crippen molar-refractivity contribution in [3.63, 3.8) is 0 Å². The summed E-state index contributed by atoms with van der Waals surface area (Å²) >= 11 is 0. The summed E-state index contributed by atoms with van der Waals surface area (Å²) in [5.74, 6) is 0. The summed E-state index contributed by atoms with van der Waals surface area (Å²) in [6, 6.07) is 20.7. The van der Waals surface area contributed by atoms with Crippen molar-refractivity contribution < 1.29 is 8.42 Å². The molecule has 2 aromatic carbocycles. The minimum Gasteiger partial charge on any atom is -0.240 e. The molecule has 1 aromatic heterocycles. The molecule has 0 spiro atoms. The van der Waals surface area contributed by atoms with Crippen LogP contribution in [0, 0.1) is 0 Å². The maximum atomic E-state index is 12.1. The lowest BCUT2D eigenvalue weighted by atomic mass is 10.1. The van der Waals surface area contributed by atoms with E-state index in [1.807, 2.05) is 60.7 Å². The predicted octanol–water partition coefficient (Wildman–Crippen LogP) is 3.23. The number of benzene rings is 2. The monoisotopic (exact) mass is 351 g/mol. The Morgan fingerprint density at radius 2 is 1.60 bits per heavy atom. The first-order valence-corrected chi connectivity index (χ1v) is 9.26. The predicted molar refractivity (Wildman–Crippen MR) is 98.7 cm³/mol. The highest BCUT2D eigenvalue weighted by Gasteiger charge is 2.07. The molecule has 0 aliphatic carbocycles. The minimum atomic E-state index is -3.55. The maximum absolute atomic E-state index is 12.1. The first kappa shape index (κ1) is 17.0. The molecule has 126 valence electrons. The van der Waals surface area contributed by atoms with Crippen LogP contribution in [0.4, 0.5) is 0 Å². The molecule has 1 heterocycles. The van der Waals surface area contributed by atoms with E-state index in [9.17, 15) is 8.42 Å². The van der Waals surface area contributed by atoms with Crippen LogP contribution in [0.5, 0.6) is 0 Å². The van der Waals surface area contributed by atoms with Gasteiger partial charge >= 0.3 is 0 Å². The van der Waals surface area contributed by atoms with Gasteiger partial charge in [-0.1, -0.05) is 60.7 Å². The van der Waals surface area contributed by atoms with Crippen molar-refractivity contribution >= 4 is 16.1 Å². The molecule has 0 unspecified atom stereocenters. The second-order valence-electron chi connectivity index (χ2n) is 5.34. The average Bonchev–Trinajstić information content (AvgIpc) is 2.67. The normalized spacial score (nSPS) is 11.7. The smallest absolute Gasteiger partial charge is 0.234 e. The van der Waals surface area contributed by atoms with Crippen molar-refractivity contribution in [1.29, 1.82) is 0 Å². The highest BCUT2D eigenvalue weighted by Crippen LogP contribution is 2.16. The van der Waals surface area contributed by atoms with E-state index in [0.717, 1.165) is 22.2 Å². The summed E-state index contributed by atoms with van der Waals surface area (Å²) in [6.07, 6.45) is 2.99. The molecule has 0 radical (unpaired) electrons. The molecule has 0 bridgehead atoms. The molecule has 25 heavy (non-hydrogen) atoms. The van der Waals surface area contributed by atoms with Gasteiger partial charge in [-0.25, -0.2) is 23.1 Å². The van der Waals surface area contributed by atoms with Gasteiger partial charge < -0.3 is 0 Å². The van der Waals surface area contributed by atoms with Gasteiger partial charge in [0.1, 0.15) is 6.33 Å². The lowest BCUT2D eigenvalue weighted by molar-refractivity contribution is 0.590. The van der Waals surface area contributed by atoms with E-state index in [4.69, 9.17) is 0 Å². The Kier molecular flexibility index (Phi) is 5.33. The Labute approximate surface area is 147 Å². The summed E-state index contributed by atoms with van der Waals surface area (Å²) in [7, 11) is -3.55. The molecular formula is C19H17N3O2S. The Balaban J connectivity index is 1.68. The third-order valence-electron chi connectivity index (χ3n) is 3.49. The molecule has 3 aromatic rings. The van der Waals surface area contributed by atoms with E-state index in [-0.39, 0.29) is 6.54 Å². The maximum Gasteiger partial charge on any atom is 0.234 e. The number of hydrogen-bond donors (Lipinski definition) is 1. The van der Waals surface area contributed by atoms with Crippen LogP contribution in [0.3, 0.4) is 0 Å². The topological polar surface area (TPSA) is 72.0 Å². The van der Waals surface area contributed by atoms with E-state index in [1.165, 1.54) is 6.33 Å². The van der Waals surface area contributed by atoms with Crippen molar-refractivity contribution in [3.05, 3.63) is 89.7 Å². The highest BCUT2D eigenvalue weighted by molar-refractivity contribution is 7.92. The average molecular weight is 351 g/mol. The van der Waals surface area contributed by atoms with Crippen LogP contribution >= 0.6 is 0 Å². The molecular weight excluding hydrogens is 334 g/mol. The van der Waals surface area contributed by atoms with Crippen LogP contribution in [0.2, 0.25) is 0 Å². The second kappa shape index (κ2) is 7.83. The molecule has 3 rings (SSSR count). The number of nitrogens with one attached hydrogen (secondary N) is 1. The second-order valence-corrected chi connectivity index (χ2v) is 6.99. The fourth-order valence-corrected chi connectivity index (χ4v) is 3.00. The summed E-state index contributed by atoms with van der Waals surface area (Å²) in [4.78, 5) is 8.35. The van der Waals surface area contributed by atoms with Gasteiger partial charge in [-0.05, 0) is 17.7 Å². The van der Waals surface area contributed by atoms with Gasteiger partial charge in [0.15, 0.2) is 0 Å². The fraction of sp³-hybridized carbons (Fsp3) is 0.0526. The first-order chi connectivity index (χ1) is 12.1. The van der Waals surface area contributed by atoms with E-state index >= 15 is 0 Å². The van der Waals surface area contributed by atoms with Gasteiger partial charge in [-0.2, -0.15) is 0 Å². The SMILES string of the molecule is O=S(=O)(/C=C/c1ccccc1)NCc1cc(-c2ccccc2)ncn1. The summed E-state index contributed by atoms with van der Waals surface area (Å²) in [6.45, 7) is 0.101. The Hall–Kier alpha value is -2.83. The summed E-state index contributed by atoms with van der Waals surface area (Å²) in [5, 5.41) is 1.15. The van der Waals surface area contributed by atoms with E-state index in [2.05, 4.69) is 14.7 Å². The Morgan fingerprint density at radius 1 is 0.920 bits per heavy atom. The number of rotatable bonds is 6. The lowest BCUT2D eigenvalue weighted by Crippen LogP contribution is -2.21. The van der Waals surface area contributed by atoms with Crippen molar-refractivity contribution in [2.45, 2.75) is 6.54 Å². The van der Waals surface area contributed by atoms with Crippen LogP contribution in [0.25, 0.3) is 17.3 Å². The molecule has 0 fully saturated rings. The molecule has 0 saturated carbocycles. The molecule has 6 heteroatoms. The highest BCUT2D eigenvalue weighted by atomic mass is 32.2. The van der Waals surface area contributed by atoms with Crippen molar-refractivity contribution in [2.75, 3.05) is 0 Å². The third kappa shape index (κ3) is 5.07. The van der Waals surface area contributed by atoms with Crippen LogP contribution < -0.4 is 4.72 Å². The number of aromatic nitrogens is 2. The van der Waals surface area contributed by atoms with Gasteiger partial charge in [0.05, 0.1) is 17.9 Å². The molecule has 0 saturated heterocycles. The van der Waals surface area contributed by atoms with Crippen molar-refractivity contribution in [3.8, 4) is 11.3 Å². The Morgan fingerprint density at radius 3 is 2.32 bits per heavy atom. The number of nitrogens with zero attached hydrogens (tertiary/aromatic N) is 2. The number of hydrogen-bond acceptors (Lipinski definition) is 4. The largest absolute Gasteiger partial charge is 0.240 e. The lowest BCUT2D eigenvalue weighted by Gasteiger charge is -2.05. The van der Waals surface area contributed by atoms with E-state index in [1.54, 1.807) is 12.1 Å². The fourth-order valence-electron chi connectivity index (χ4n) is 2.22. The zero-order chi connectivity index (χ0) is 17.5. The van der Waals surface area contributed by atoms with Crippen molar-refractivity contribution in [1.82, 2.24) is 14.7 Å². The molecule has 1 N–H and O–H groups in total. The van der Waals surface area contributed by atoms with Crippen LogP contribution in [0.15, 0.2) is 78.5 Å². The van der Waals surface area contributed by atoms with Gasteiger partial charge in [-0.15, -0.1) is 0 Å². The van der Waals surface area contributed by atoms with Gasteiger partial charge in [-0.3, -0.25) is 0 Å². The summed E-state index contributed by atoms with van der Waals surface area (Å²) < 4.78 is 26.7. The summed E-state index contributed by atoms with van der Waals surface area (Å²) in [5.41, 5.74) is 3.13. The molecule has 0 atom stereocenters.